The van der Waals surface area contributed by atoms with Gasteiger partial charge < -0.3 is 14.4 Å². The SMILES string of the molecule is COc1ccc(Br)c(C(=O)N2CCCC(Oc3ccnc(C)n3)C2)c1. The van der Waals surface area contributed by atoms with E-state index in [4.69, 9.17) is 9.47 Å². The first-order chi connectivity index (χ1) is 12.1. The van der Waals surface area contributed by atoms with Crippen molar-refractivity contribution in [2.75, 3.05) is 20.2 Å². The quantitative estimate of drug-likeness (QED) is 0.780. The second-order valence-corrected chi connectivity index (χ2v) is 6.78. The van der Waals surface area contributed by atoms with Gasteiger partial charge in [-0.3, -0.25) is 4.79 Å². The molecule has 1 aliphatic heterocycles. The highest BCUT2D eigenvalue weighted by Crippen LogP contribution is 2.25. The van der Waals surface area contributed by atoms with E-state index < -0.39 is 0 Å². The Morgan fingerprint density at radius 2 is 2.20 bits per heavy atom. The molecule has 0 bridgehead atoms. The number of likely N-dealkylation sites (tertiary alicyclic amines) is 1. The Bertz CT molecular complexity index is 769. The summed E-state index contributed by atoms with van der Waals surface area (Å²) in [4.78, 5) is 23.1. The van der Waals surface area contributed by atoms with Gasteiger partial charge in [0.1, 0.15) is 17.7 Å². The number of carbonyl (C=O) groups excluding carboxylic acids is 1. The van der Waals surface area contributed by atoms with Crippen LogP contribution in [0.1, 0.15) is 29.0 Å². The molecule has 7 heteroatoms. The van der Waals surface area contributed by atoms with Crippen LogP contribution in [0.4, 0.5) is 0 Å². The summed E-state index contributed by atoms with van der Waals surface area (Å²) in [6.07, 6.45) is 3.39. The van der Waals surface area contributed by atoms with Crippen molar-refractivity contribution in [1.29, 1.82) is 0 Å². The number of hydrogen-bond acceptors (Lipinski definition) is 5. The second kappa shape index (κ2) is 7.82. The maximum atomic E-state index is 12.9. The smallest absolute Gasteiger partial charge is 0.255 e. The molecule has 1 amide bonds. The van der Waals surface area contributed by atoms with Gasteiger partial charge in [0.2, 0.25) is 5.88 Å². The molecule has 1 aromatic carbocycles. The van der Waals surface area contributed by atoms with Crippen molar-refractivity contribution in [3.05, 3.63) is 46.3 Å². The Labute approximate surface area is 155 Å². The highest BCUT2D eigenvalue weighted by molar-refractivity contribution is 9.10. The summed E-state index contributed by atoms with van der Waals surface area (Å²) in [5.41, 5.74) is 0.595. The maximum absolute atomic E-state index is 12.9. The van der Waals surface area contributed by atoms with E-state index in [1.54, 1.807) is 25.4 Å². The molecule has 2 heterocycles. The van der Waals surface area contributed by atoms with Crippen LogP contribution in [-0.2, 0) is 0 Å². The van der Waals surface area contributed by atoms with E-state index in [1.165, 1.54) is 0 Å². The molecule has 132 valence electrons. The van der Waals surface area contributed by atoms with Gasteiger partial charge in [0.25, 0.3) is 5.91 Å². The molecule has 25 heavy (non-hydrogen) atoms. The molecular formula is C18H20BrN3O3. The first-order valence-electron chi connectivity index (χ1n) is 8.16. The molecule has 1 fully saturated rings. The van der Waals surface area contributed by atoms with Crippen molar-refractivity contribution in [2.45, 2.75) is 25.9 Å². The van der Waals surface area contributed by atoms with E-state index >= 15 is 0 Å². The number of carbonyl (C=O) groups is 1. The molecule has 0 saturated carbocycles. The number of aryl methyl sites for hydroxylation is 1. The third-order valence-corrected chi connectivity index (χ3v) is 4.80. The molecule has 0 N–H and O–H groups in total. The van der Waals surface area contributed by atoms with Crippen molar-refractivity contribution < 1.29 is 14.3 Å². The Balaban J connectivity index is 1.71. The number of ether oxygens (including phenoxy) is 2. The van der Waals surface area contributed by atoms with Crippen molar-refractivity contribution >= 4 is 21.8 Å². The van der Waals surface area contributed by atoms with Gasteiger partial charge in [0.05, 0.1) is 19.2 Å². The van der Waals surface area contributed by atoms with Crippen molar-refractivity contribution in [3.63, 3.8) is 0 Å². The summed E-state index contributed by atoms with van der Waals surface area (Å²) in [5.74, 6) is 1.85. The molecular weight excluding hydrogens is 386 g/mol. The van der Waals surface area contributed by atoms with Crippen LogP contribution in [0.2, 0.25) is 0 Å². The molecule has 0 aliphatic carbocycles. The Morgan fingerprint density at radius 3 is 2.96 bits per heavy atom. The van der Waals surface area contributed by atoms with Gasteiger partial charge in [-0.05, 0) is 53.9 Å². The van der Waals surface area contributed by atoms with Crippen molar-refractivity contribution in [3.8, 4) is 11.6 Å². The van der Waals surface area contributed by atoms with Gasteiger partial charge in [0, 0.05) is 23.3 Å². The number of piperidine rings is 1. The summed E-state index contributed by atoms with van der Waals surface area (Å²) in [6.45, 7) is 3.07. The number of hydrogen-bond donors (Lipinski definition) is 0. The van der Waals surface area contributed by atoms with Gasteiger partial charge in [-0.15, -0.1) is 0 Å². The van der Waals surface area contributed by atoms with Crippen LogP contribution >= 0.6 is 15.9 Å². The van der Waals surface area contributed by atoms with Gasteiger partial charge in [-0.1, -0.05) is 0 Å². The highest BCUT2D eigenvalue weighted by atomic mass is 79.9. The standard InChI is InChI=1S/C18H20BrN3O3/c1-12-20-8-7-17(21-12)25-14-4-3-9-22(11-14)18(23)15-10-13(24-2)5-6-16(15)19/h5-8,10,14H,3-4,9,11H2,1-2H3. The van der Waals surface area contributed by atoms with E-state index in [1.807, 2.05) is 24.0 Å². The molecule has 1 unspecified atom stereocenters. The molecule has 3 rings (SSSR count). The lowest BCUT2D eigenvalue weighted by molar-refractivity contribution is 0.0526. The van der Waals surface area contributed by atoms with Crippen LogP contribution in [0.3, 0.4) is 0 Å². The normalized spacial score (nSPS) is 17.2. The first-order valence-corrected chi connectivity index (χ1v) is 8.95. The van der Waals surface area contributed by atoms with Crippen LogP contribution in [0.15, 0.2) is 34.9 Å². The second-order valence-electron chi connectivity index (χ2n) is 5.92. The van der Waals surface area contributed by atoms with E-state index in [0.29, 0.717) is 36.1 Å². The van der Waals surface area contributed by atoms with Crippen LogP contribution in [0.25, 0.3) is 0 Å². The zero-order chi connectivity index (χ0) is 17.8. The van der Waals surface area contributed by atoms with Crippen LogP contribution < -0.4 is 9.47 Å². The number of aromatic nitrogens is 2. The lowest BCUT2D eigenvalue weighted by Gasteiger charge is -2.33. The van der Waals surface area contributed by atoms with Gasteiger partial charge >= 0.3 is 0 Å². The molecule has 2 aromatic rings. The third-order valence-electron chi connectivity index (χ3n) is 4.11. The Hall–Kier alpha value is -2.15. The maximum Gasteiger partial charge on any atom is 0.255 e. The fraction of sp³-hybridized carbons (Fsp3) is 0.389. The van der Waals surface area contributed by atoms with E-state index in [0.717, 1.165) is 17.3 Å². The highest BCUT2D eigenvalue weighted by Gasteiger charge is 2.27. The van der Waals surface area contributed by atoms with Gasteiger partial charge in [-0.25, -0.2) is 4.98 Å². The van der Waals surface area contributed by atoms with Crippen molar-refractivity contribution in [2.24, 2.45) is 0 Å². The van der Waals surface area contributed by atoms with Gasteiger partial charge in [-0.2, -0.15) is 4.98 Å². The number of halogens is 1. The van der Waals surface area contributed by atoms with Crippen LogP contribution in [-0.4, -0.2) is 47.1 Å². The fourth-order valence-corrected chi connectivity index (χ4v) is 3.27. The first kappa shape index (κ1) is 17.7. The number of nitrogens with zero attached hydrogens (tertiary/aromatic N) is 3. The lowest BCUT2D eigenvalue weighted by atomic mass is 10.1. The average molecular weight is 406 g/mol. The van der Waals surface area contributed by atoms with Crippen LogP contribution in [0.5, 0.6) is 11.6 Å². The number of benzene rings is 1. The van der Waals surface area contributed by atoms with Gasteiger partial charge in [0.15, 0.2) is 0 Å². The summed E-state index contributed by atoms with van der Waals surface area (Å²) in [5, 5.41) is 0. The topological polar surface area (TPSA) is 64.5 Å². The molecule has 1 aliphatic rings. The van der Waals surface area contributed by atoms with Crippen molar-refractivity contribution in [1.82, 2.24) is 14.9 Å². The molecule has 1 atom stereocenters. The predicted octanol–water partition coefficient (Wildman–Crippen LogP) is 3.24. The summed E-state index contributed by atoms with van der Waals surface area (Å²) < 4.78 is 11.9. The summed E-state index contributed by atoms with van der Waals surface area (Å²) in [6, 6.07) is 7.14. The van der Waals surface area contributed by atoms with Crippen LogP contribution in [0, 0.1) is 6.92 Å². The van der Waals surface area contributed by atoms with E-state index in [2.05, 4.69) is 25.9 Å². The number of methoxy groups -OCH3 is 1. The predicted molar refractivity (Wildman–Crippen MR) is 97.0 cm³/mol. The van der Waals surface area contributed by atoms with E-state index in [9.17, 15) is 4.79 Å². The largest absolute Gasteiger partial charge is 0.497 e. The zero-order valence-electron chi connectivity index (χ0n) is 14.2. The van der Waals surface area contributed by atoms with E-state index in [-0.39, 0.29) is 12.0 Å². The Morgan fingerprint density at radius 1 is 1.36 bits per heavy atom. The molecule has 1 aromatic heterocycles. The minimum Gasteiger partial charge on any atom is -0.497 e. The fourth-order valence-electron chi connectivity index (χ4n) is 2.86. The number of amides is 1. The third kappa shape index (κ3) is 4.28. The Kier molecular flexibility index (Phi) is 5.53. The lowest BCUT2D eigenvalue weighted by Crippen LogP contribution is -2.44. The minimum absolute atomic E-state index is 0.0297. The molecule has 6 nitrogen and oxygen atoms in total. The minimum atomic E-state index is -0.0728. The molecule has 1 saturated heterocycles. The number of rotatable bonds is 4. The molecule has 0 spiro atoms. The summed E-state index contributed by atoms with van der Waals surface area (Å²) >= 11 is 3.45. The molecule has 0 radical (unpaired) electrons. The zero-order valence-corrected chi connectivity index (χ0v) is 15.8. The summed E-state index contributed by atoms with van der Waals surface area (Å²) in [7, 11) is 1.59. The average Bonchev–Trinajstić information content (AvgIpc) is 2.62. The monoisotopic (exact) mass is 405 g/mol.